The van der Waals surface area contributed by atoms with Gasteiger partial charge in [-0.15, -0.1) is 0 Å². The van der Waals surface area contributed by atoms with E-state index in [0.29, 0.717) is 17.1 Å². The van der Waals surface area contributed by atoms with E-state index in [4.69, 9.17) is 16.0 Å². The van der Waals surface area contributed by atoms with Gasteiger partial charge in [-0.25, -0.2) is 0 Å². The van der Waals surface area contributed by atoms with Crippen molar-refractivity contribution in [2.45, 2.75) is 13.5 Å². The summed E-state index contributed by atoms with van der Waals surface area (Å²) in [6.07, 6.45) is 1.61. The Morgan fingerprint density at radius 2 is 2.24 bits per heavy atom. The minimum atomic E-state index is 0.176. The minimum Gasteiger partial charge on any atom is -0.507 e. The lowest BCUT2D eigenvalue weighted by atomic mass is 10.1. The van der Waals surface area contributed by atoms with E-state index >= 15 is 0 Å². The first-order chi connectivity index (χ1) is 8.16. The molecule has 0 aliphatic heterocycles. The van der Waals surface area contributed by atoms with Crippen LogP contribution in [0.3, 0.4) is 0 Å². The molecule has 0 aliphatic carbocycles. The van der Waals surface area contributed by atoms with Crippen LogP contribution < -0.4 is 0 Å². The van der Waals surface area contributed by atoms with Crippen molar-refractivity contribution in [2.75, 3.05) is 0 Å². The summed E-state index contributed by atoms with van der Waals surface area (Å²) in [5.74, 6) is 0.959. The molecular weight excluding hydrogens is 238 g/mol. The van der Waals surface area contributed by atoms with Crippen LogP contribution in [-0.4, -0.2) is 10.8 Å². The summed E-state index contributed by atoms with van der Waals surface area (Å²) in [7, 11) is 0. The second-order valence-corrected chi connectivity index (χ2v) is 4.08. The number of rotatable bonds is 3. The predicted octanol–water partition coefficient (Wildman–Crippen LogP) is 3.65. The van der Waals surface area contributed by atoms with Crippen LogP contribution in [0.2, 0.25) is 5.02 Å². The molecule has 1 aromatic heterocycles. The topological polar surface area (TPSA) is 45.7 Å². The van der Waals surface area contributed by atoms with Gasteiger partial charge < -0.3 is 9.52 Å². The molecule has 3 nitrogen and oxygen atoms in total. The molecular formula is C13H12ClNO2. The Labute approximate surface area is 104 Å². The van der Waals surface area contributed by atoms with E-state index in [1.54, 1.807) is 24.5 Å². The zero-order valence-electron chi connectivity index (χ0n) is 9.35. The lowest BCUT2D eigenvalue weighted by Gasteiger charge is -2.04. The van der Waals surface area contributed by atoms with Gasteiger partial charge in [-0.2, -0.15) is 0 Å². The lowest BCUT2D eigenvalue weighted by Crippen LogP contribution is -1.96. The molecule has 1 aromatic carbocycles. The van der Waals surface area contributed by atoms with Crippen LogP contribution in [0.4, 0.5) is 0 Å². The van der Waals surface area contributed by atoms with Gasteiger partial charge in [0, 0.05) is 16.3 Å². The van der Waals surface area contributed by atoms with E-state index in [1.165, 1.54) is 0 Å². The standard InChI is InChI=1S/C13H12ClNO2/c1-9(15-8-11-3-2-6-17-11)12-7-10(14)4-5-13(12)16/h2-7,16H,8H2,1H3. The fourth-order valence-corrected chi connectivity index (χ4v) is 1.65. The van der Waals surface area contributed by atoms with Crippen LogP contribution in [0.25, 0.3) is 0 Å². The molecule has 1 heterocycles. The Balaban J connectivity index is 2.21. The van der Waals surface area contributed by atoms with Crippen molar-refractivity contribution < 1.29 is 9.52 Å². The second kappa shape index (κ2) is 5.06. The molecule has 0 bridgehead atoms. The third-order valence-electron chi connectivity index (χ3n) is 2.40. The first-order valence-electron chi connectivity index (χ1n) is 5.19. The molecule has 0 saturated carbocycles. The monoisotopic (exact) mass is 249 g/mol. The van der Waals surface area contributed by atoms with Crippen LogP contribution in [0.1, 0.15) is 18.2 Å². The van der Waals surface area contributed by atoms with Crippen LogP contribution in [0.5, 0.6) is 5.75 Å². The highest BCUT2D eigenvalue weighted by Gasteiger charge is 2.05. The molecule has 0 fully saturated rings. The summed E-state index contributed by atoms with van der Waals surface area (Å²) < 4.78 is 5.18. The molecule has 88 valence electrons. The fourth-order valence-electron chi connectivity index (χ4n) is 1.48. The second-order valence-electron chi connectivity index (χ2n) is 3.64. The molecule has 0 atom stereocenters. The molecule has 2 aromatic rings. The molecule has 17 heavy (non-hydrogen) atoms. The highest BCUT2D eigenvalue weighted by Crippen LogP contribution is 2.22. The SMILES string of the molecule is CC(=NCc1ccco1)c1cc(Cl)ccc1O. The summed E-state index contributed by atoms with van der Waals surface area (Å²) in [5, 5.41) is 10.3. The summed E-state index contributed by atoms with van der Waals surface area (Å²) >= 11 is 5.88. The van der Waals surface area contributed by atoms with Crippen molar-refractivity contribution in [3.63, 3.8) is 0 Å². The smallest absolute Gasteiger partial charge is 0.125 e. The van der Waals surface area contributed by atoms with Crippen molar-refractivity contribution in [2.24, 2.45) is 4.99 Å². The normalized spacial score (nSPS) is 11.8. The first kappa shape index (κ1) is 11.7. The number of halogens is 1. The minimum absolute atomic E-state index is 0.176. The average Bonchev–Trinajstić information content (AvgIpc) is 2.82. The maximum absolute atomic E-state index is 9.70. The number of furan rings is 1. The molecule has 0 aliphatic rings. The molecule has 0 unspecified atom stereocenters. The number of hydrogen-bond donors (Lipinski definition) is 1. The van der Waals surface area contributed by atoms with Crippen molar-refractivity contribution in [1.82, 2.24) is 0 Å². The van der Waals surface area contributed by atoms with Crippen LogP contribution in [0, 0.1) is 0 Å². The van der Waals surface area contributed by atoms with Gasteiger partial charge in [0.2, 0.25) is 0 Å². The van der Waals surface area contributed by atoms with Gasteiger partial charge in [0.15, 0.2) is 0 Å². The molecule has 0 spiro atoms. The average molecular weight is 250 g/mol. The van der Waals surface area contributed by atoms with E-state index in [-0.39, 0.29) is 5.75 Å². The predicted molar refractivity (Wildman–Crippen MR) is 67.7 cm³/mol. The first-order valence-corrected chi connectivity index (χ1v) is 5.57. The zero-order valence-corrected chi connectivity index (χ0v) is 10.1. The van der Waals surface area contributed by atoms with Gasteiger partial charge in [-0.1, -0.05) is 11.6 Å². The van der Waals surface area contributed by atoms with Gasteiger partial charge in [0.25, 0.3) is 0 Å². The molecule has 0 amide bonds. The largest absolute Gasteiger partial charge is 0.507 e. The molecule has 1 N–H and O–H groups in total. The fraction of sp³-hybridized carbons (Fsp3) is 0.154. The van der Waals surface area contributed by atoms with E-state index in [1.807, 2.05) is 19.1 Å². The number of aromatic hydroxyl groups is 1. The number of aliphatic imine (C=N–C) groups is 1. The summed E-state index contributed by atoms with van der Waals surface area (Å²) in [4.78, 5) is 4.34. The summed E-state index contributed by atoms with van der Waals surface area (Å²) in [6.45, 7) is 2.28. The van der Waals surface area contributed by atoms with Crippen LogP contribution in [-0.2, 0) is 6.54 Å². The number of hydrogen-bond acceptors (Lipinski definition) is 3. The van der Waals surface area contributed by atoms with Crippen molar-refractivity contribution in [1.29, 1.82) is 0 Å². The van der Waals surface area contributed by atoms with Gasteiger partial charge in [-0.3, -0.25) is 4.99 Å². The molecule has 0 saturated heterocycles. The van der Waals surface area contributed by atoms with Crippen molar-refractivity contribution in [3.05, 3.63) is 52.9 Å². The number of phenolic OH excluding ortho intramolecular Hbond substituents is 1. The lowest BCUT2D eigenvalue weighted by molar-refractivity contribution is 0.474. The maximum Gasteiger partial charge on any atom is 0.125 e. The van der Waals surface area contributed by atoms with E-state index < -0.39 is 0 Å². The third kappa shape index (κ3) is 2.88. The highest BCUT2D eigenvalue weighted by atomic mass is 35.5. The Bertz CT molecular complexity index is 532. The van der Waals surface area contributed by atoms with E-state index in [2.05, 4.69) is 4.99 Å². The van der Waals surface area contributed by atoms with Gasteiger partial charge in [-0.05, 0) is 37.3 Å². The van der Waals surface area contributed by atoms with Crippen LogP contribution >= 0.6 is 11.6 Å². The Kier molecular flexibility index (Phi) is 3.49. The van der Waals surface area contributed by atoms with Gasteiger partial charge >= 0.3 is 0 Å². The molecule has 2 rings (SSSR count). The summed E-state index contributed by atoms with van der Waals surface area (Å²) in [6, 6.07) is 8.56. The quantitative estimate of drug-likeness (QED) is 0.844. The third-order valence-corrected chi connectivity index (χ3v) is 2.64. The van der Waals surface area contributed by atoms with E-state index in [9.17, 15) is 5.11 Å². The molecule has 4 heteroatoms. The van der Waals surface area contributed by atoms with Crippen molar-refractivity contribution in [3.8, 4) is 5.75 Å². The number of benzene rings is 1. The number of phenols is 1. The molecule has 0 radical (unpaired) electrons. The van der Waals surface area contributed by atoms with Gasteiger partial charge in [0.1, 0.15) is 11.5 Å². The maximum atomic E-state index is 9.70. The zero-order chi connectivity index (χ0) is 12.3. The highest BCUT2D eigenvalue weighted by molar-refractivity contribution is 6.31. The van der Waals surface area contributed by atoms with Crippen molar-refractivity contribution >= 4 is 17.3 Å². The Hall–Kier alpha value is -1.74. The van der Waals surface area contributed by atoms with Gasteiger partial charge in [0.05, 0.1) is 12.8 Å². The Morgan fingerprint density at radius 1 is 1.41 bits per heavy atom. The van der Waals surface area contributed by atoms with E-state index in [0.717, 1.165) is 11.5 Å². The summed E-state index contributed by atoms with van der Waals surface area (Å²) in [5.41, 5.74) is 1.37. The number of nitrogens with zero attached hydrogens (tertiary/aromatic N) is 1. The van der Waals surface area contributed by atoms with Crippen LogP contribution in [0.15, 0.2) is 46.0 Å². The Morgan fingerprint density at radius 3 is 2.94 bits per heavy atom.